The van der Waals surface area contributed by atoms with Crippen LogP contribution >= 0.6 is 11.3 Å². The van der Waals surface area contributed by atoms with Gasteiger partial charge in [0.15, 0.2) is 0 Å². The molecule has 0 amide bonds. The number of hydrogen-bond donors (Lipinski definition) is 3. The number of hydrazone groups is 1. The molecule has 0 saturated heterocycles. The van der Waals surface area contributed by atoms with E-state index in [0.717, 1.165) is 22.5 Å². The topological polar surface area (TPSA) is 104 Å². The molecule has 43 heavy (non-hydrogen) atoms. The summed E-state index contributed by atoms with van der Waals surface area (Å²) in [5, 5.41) is 4.11. The van der Waals surface area contributed by atoms with Crippen LogP contribution in [0.1, 0.15) is 34.9 Å². The van der Waals surface area contributed by atoms with Crippen molar-refractivity contribution in [3.8, 4) is 35.0 Å². The lowest BCUT2D eigenvalue weighted by molar-refractivity contribution is -0.133. The van der Waals surface area contributed by atoms with Crippen LogP contribution in [0.3, 0.4) is 0 Å². The molecule has 0 radical (unpaired) electrons. The first-order chi connectivity index (χ1) is 20.6. The third kappa shape index (κ3) is 9.12. The lowest BCUT2D eigenvalue weighted by Crippen LogP contribution is -2.31. The molecule has 7 nitrogen and oxygen atoms in total. The SMILES string of the molecule is C#CC.COCCOc1ccc(-c2c(C(F)(F)F)sc3ccc(COc4ccc(CC/C(=N/N)NN)cc4)cc23)c(C)c1. The quantitative estimate of drug-likeness (QED) is 0.0430. The van der Waals surface area contributed by atoms with Crippen molar-refractivity contribution in [1.82, 2.24) is 5.43 Å². The Hall–Kier alpha value is -4.24. The number of nitrogens with two attached hydrogens (primary N) is 2. The molecule has 0 unspecified atom stereocenters. The summed E-state index contributed by atoms with van der Waals surface area (Å²) in [5.41, 5.74) is 5.64. The highest BCUT2D eigenvalue weighted by Gasteiger charge is 2.37. The summed E-state index contributed by atoms with van der Waals surface area (Å²) < 4.78 is 59.6. The van der Waals surface area contributed by atoms with Gasteiger partial charge >= 0.3 is 6.18 Å². The molecule has 3 aromatic carbocycles. The number of rotatable bonds is 11. The van der Waals surface area contributed by atoms with Gasteiger partial charge in [-0.25, -0.2) is 5.84 Å². The Balaban J connectivity index is 0.00000162. The molecule has 11 heteroatoms. The first-order valence-corrected chi connectivity index (χ1v) is 14.1. The summed E-state index contributed by atoms with van der Waals surface area (Å²) in [6.45, 7) is 4.42. The molecule has 4 aromatic rings. The summed E-state index contributed by atoms with van der Waals surface area (Å²) in [6, 6.07) is 18.0. The molecule has 228 valence electrons. The minimum Gasteiger partial charge on any atom is -0.491 e. The van der Waals surface area contributed by atoms with Crippen LogP contribution in [-0.4, -0.2) is 26.2 Å². The Morgan fingerprint density at radius 1 is 1.00 bits per heavy atom. The number of halogens is 3. The lowest BCUT2D eigenvalue weighted by atomic mass is 9.96. The van der Waals surface area contributed by atoms with Gasteiger partial charge in [-0.2, -0.15) is 18.3 Å². The van der Waals surface area contributed by atoms with Gasteiger partial charge in [0.25, 0.3) is 0 Å². The monoisotopic (exact) mass is 612 g/mol. The van der Waals surface area contributed by atoms with E-state index >= 15 is 0 Å². The number of benzene rings is 3. The number of terminal acetylenes is 1. The summed E-state index contributed by atoms with van der Waals surface area (Å²) >= 11 is 0.748. The van der Waals surface area contributed by atoms with Gasteiger partial charge in [-0.1, -0.05) is 24.3 Å². The van der Waals surface area contributed by atoms with Crippen molar-refractivity contribution in [2.75, 3.05) is 20.3 Å². The molecule has 1 aromatic heterocycles. The van der Waals surface area contributed by atoms with E-state index < -0.39 is 11.1 Å². The number of methoxy groups -OCH3 is 1. The Labute approximate surface area is 253 Å². The normalized spacial score (nSPS) is 11.4. The zero-order valence-electron chi connectivity index (χ0n) is 24.3. The maximum absolute atomic E-state index is 14.2. The highest BCUT2D eigenvalue weighted by Crippen LogP contribution is 2.48. The average Bonchev–Trinajstić information content (AvgIpc) is 3.37. The molecule has 0 saturated carbocycles. The van der Waals surface area contributed by atoms with Gasteiger partial charge in [0.05, 0.1) is 6.61 Å². The van der Waals surface area contributed by atoms with Crippen molar-refractivity contribution in [3.63, 3.8) is 0 Å². The first-order valence-electron chi connectivity index (χ1n) is 13.3. The molecule has 0 atom stereocenters. The Morgan fingerprint density at radius 2 is 1.67 bits per heavy atom. The predicted octanol–water partition coefficient (Wildman–Crippen LogP) is 6.81. The zero-order chi connectivity index (χ0) is 31.4. The number of thiophene rings is 1. The number of aryl methyl sites for hydroxylation is 2. The van der Waals surface area contributed by atoms with Gasteiger partial charge in [0.1, 0.15) is 35.4 Å². The van der Waals surface area contributed by atoms with Gasteiger partial charge < -0.3 is 25.5 Å². The van der Waals surface area contributed by atoms with Crippen LogP contribution in [-0.2, 0) is 23.9 Å². The van der Waals surface area contributed by atoms with Crippen LogP contribution in [0, 0.1) is 19.3 Å². The molecular weight excluding hydrogens is 577 g/mol. The number of ether oxygens (including phenoxy) is 3. The predicted molar refractivity (Wildman–Crippen MR) is 167 cm³/mol. The standard InChI is InChI=1S/C29H31F3N4O3S.C3H4/c1-18-15-22(38-14-13-37-2)9-10-23(18)27-24-16-20(5-11-25(24)40-28(27)29(30,31)32)17-39-21-7-3-19(4-8-21)6-12-26(35-33)36-34;1-3-2/h3-5,7-11,15-16H,6,12-14,17,33-34H2,1-2H3,(H,35,36);1H,2H3. The van der Waals surface area contributed by atoms with Crippen molar-refractivity contribution in [2.45, 2.75) is 39.5 Å². The molecule has 4 rings (SSSR count). The van der Waals surface area contributed by atoms with E-state index in [9.17, 15) is 13.2 Å². The number of hydrogen-bond acceptors (Lipinski definition) is 7. The van der Waals surface area contributed by atoms with E-state index in [0.29, 0.717) is 64.6 Å². The Kier molecular flexibility index (Phi) is 12.3. The number of alkyl halides is 3. The van der Waals surface area contributed by atoms with Crippen molar-refractivity contribution < 1.29 is 27.4 Å². The second-order valence-corrected chi connectivity index (χ2v) is 10.4. The Morgan fingerprint density at radius 3 is 2.28 bits per heavy atom. The van der Waals surface area contributed by atoms with Gasteiger partial charge in [-0.05, 0) is 78.9 Å². The van der Waals surface area contributed by atoms with Gasteiger partial charge in [0.2, 0.25) is 0 Å². The van der Waals surface area contributed by atoms with E-state index in [1.54, 1.807) is 57.4 Å². The van der Waals surface area contributed by atoms with Gasteiger partial charge in [-0.3, -0.25) is 0 Å². The molecule has 0 bridgehead atoms. The van der Waals surface area contributed by atoms with Gasteiger partial charge in [-0.15, -0.1) is 23.7 Å². The number of nitrogens with one attached hydrogen (secondary N) is 1. The maximum Gasteiger partial charge on any atom is 0.426 e. The second-order valence-electron chi connectivity index (χ2n) is 9.39. The van der Waals surface area contributed by atoms with Crippen LogP contribution in [0.2, 0.25) is 0 Å². The molecule has 1 heterocycles. The zero-order valence-corrected chi connectivity index (χ0v) is 25.1. The van der Waals surface area contributed by atoms with E-state index in [4.69, 9.17) is 25.9 Å². The molecule has 0 aliphatic heterocycles. The fraction of sp³-hybridized carbons (Fsp3) is 0.281. The second kappa shape index (κ2) is 15.8. The van der Waals surface area contributed by atoms with E-state index in [1.807, 2.05) is 24.3 Å². The van der Waals surface area contributed by atoms with Crippen molar-refractivity contribution in [1.29, 1.82) is 0 Å². The van der Waals surface area contributed by atoms with Crippen molar-refractivity contribution in [3.05, 3.63) is 82.2 Å². The highest BCUT2D eigenvalue weighted by atomic mass is 32.1. The number of hydrazine groups is 1. The largest absolute Gasteiger partial charge is 0.491 e. The fourth-order valence-corrected chi connectivity index (χ4v) is 5.37. The minimum absolute atomic E-state index is 0.173. The summed E-state index contributed by atoms with van der Waals surface area (Å²) in [6.07, 6.45) is 1.37. The summed E-state index contributed by atoms with van der Waals surface area (Å²) in [4.78, 5) is -0.625. The average molecular weight is 613 g/mol. The molecule has 0 aliphatic rings. The fourth-order valence-electron chi connectivity index (χ4n) is 4.31. The molecular formula is C32H35F3N4O3S. The van der Waals surface area contributed by atoms with Crippen molar-refractivity contribution in [2.24, 2.45) is 16.8 Å². The summed E-state index contributed by atoms with van der Waals surface area (Å²) in [7, 11) is 1.57. The number of amidine groups is 1. The van der Waals surface area contributed by atoms with Crippen LogP contribution in [0.25, 0.3) is 21.2 Å². The molecule has 0 aliphatic carbocycles. The first kappa shape index (κ1) is 33.3. The van der Waals surface area contributed by atoms with Crippen LogP contribution in [0.15, 0.2) is 65.8 Å². The van der Waals surface area contributed by atoms with Crippen LogP contribution in [0.5, 0.6) is 11.5 Å². The van der Waals surface area contributed by atoms with Crippen molar-refractivity contribution >= 4 is 27.3 Å². The maximum atomic E-state index is 14.2. The number of nitrogens with zero attached hydrogens (tertiary/aromatic N) is 1. The van der Waals surface area contributed by atoms with E-state index in [1.165, 1.54) is 0 Å². The molecule has 0 fully saturated rings. The van der Waals surface area contributed by atoms with E-state index in [2.05, 4.69) is 22.9 Å². The number of fused-ring (bicyclic) bond motifs is 1. The van der Waals surface area contributed by atoms with E-state index in [-0.39, 0.29) is 12.2 Å². The highest BCUT2D eigenvalue weighted by molar-refractivity contribution is 7.19. The van der Waals surface area contributed by atoms with Crippen LogP contribution in [0.4, 0.5) is 13.2 Å². The third-order valence-corrected chi connectivity index (χ3v) is 7.55. The van der Waals surface area contributed by atoms with Crippen LogP contribution < -0.4 is 26.6 Å². The molecule has 0 spiro atoms. The minimum atomic E-state index is -4.49. The summed E-state index contributed by atoms with van der Waals surface area (Å²) in [5.74, 6) is 14.6. The lowest BCUT2D eigenvalue weighted by Gasteiger charge is -2.13. The third-order valence-electron chi connectivity index (χ3n) is 6.34. The smallest absolute Gasteiger partial charge is 0.426 e. The molecule has 5 N–H and O–H groups in total. The Bertz CT molecular complexity index is 1560. The van der Waals surface area contributed by atoms with Gasteiger partial charge in [0, 0.05) is 29.2 Å².